The number of aliphatic hydroxyl groups is 5. The summed E-state index contributed by atoms with van der Waals surface area (Å²) in [6.45, 7) is 8.99. The van der Waals surface area contributed by atoms with E-state index in [2.05, 4.69) is 0 Å². The minimum Gasteiger partial charge on any atom is -0.511 e. The number of Topliss-reactive ketones (excluding diaryl/α,β-unsaturated/α-hetero) is 2. The van der Waals surface area contributed by atoms with Gasteiger partial charge in [0, 0.05) is 35.5 Å². The van der Waals surface area contributed by atoms with Crippen molar-refractivity contribution in [1.82, 2.24) is 0 Å². The summed E-state index contributed by atoms with van der Waals surface area (Å²) in [4.78, 5) is 26.6. The van der Waals surface area contributed by atoms with Crippen LogP contribution < -0.4 is 0 Å². The Hall–Kier alpha value is -2.94. The maximum absolute atomic E-state index is 13.5. The molecule has 8 heteroatoms. The molecule has 0 amide bonds. The fourth-order valence-electron chi connectivity index (χ4n) is 5.99. The van der Waals surface area contributed by atoms with Crippen LogP contribution >= 0.6 is 0 Å². The van der Waals surface area contributed by atoms with Crippen LogP contribution in [0.4, 0.5) is 0 Å². The Balaban J connectivity index is 2.38. The Morgan fingerprint density at radius 1 is 1.11 bits per heavy atom. The Morgan fingerprint density at radius 3 is 2.33 bits per heavy atom. The molecule has 0 saturated carbocycles. The van der Waals surface area contributed by atoms with Crippen molar-refractivity contribution in [1.29, 1.82) is 0 Å². The molecule has 0 aromatic carbocycles. The second kappa shape index (κ2) is 9.18. The van der Waals surface area contributed by atoms with E-state index in [9.17, 15) is 35.1 Å². The normalized spacial score (nSPS) is 38.4. The summed E-state index contributed by atoms with van der Waals surface area (Å²) in [5.41, 5.74) is -6.32. The highest BCUT2D eigenvalue weighted by atomic mass is 16.7. The molecule has 8 nitrogen and oxygen atoms in total. The van der Waals surface area contributed by atoms with E-state index in [0.717, 1.165) is 0 Å². The number of carbonyl (C=O) groups is 2. The molecule has 1 aliphatic heterocycles. The van der Waals surface area contributed by atoms with Gasteiger partial charge in [0.25, 0.3) is 0 Å². The van der Waals surface area contributed by atoms with E-state index in [1.807, 2.05) is 6.92 Å². The van der Waals surface area contributed by atoms with Crippen LogP contribution in [0.25, 0.3) is 0 Å². The molecule has 5 atom stereocenters. The van der Waals surface area contributed by atoms with Crippen LogP contribution in [0, 0.1) is 11.3 Å². The third-order valence-electron chi connectivity index (χ3n) is 7.86. The van der Waals surface area contributed by atoms with Crippen molar-refractivity contribution in [3.63, 3.8) is 0 Å². The highest BCUT2D eigenvalue weighted by Gasteiger charge is 2.80. The molecule has 0 spiro atoms. The molecule has 1 heterocycles. The van der Waals surface area contributed by atoms with Gasteiger partial charge in [-0.15, -0.1) is 0 Å². The van der Waals surface area contributed by atoms with Gasteiger partial charge in [0.05, 0.1) is 5.41 Å². The number of ketones is 2. The van der Waals surface area contributed by atoms with E-state index in [0.29, 0.717) is 6.42 Å². The highest BCUT2D eigenvalue weighted by Crippen LogP contribution is 2.68. The molecular formula is C28H36O8. The average Bonchev–Trinajstić information content (AvgIpc) is 3.01. The minimum atomic E-state index is -2.55. The summed E-state index contributed by atoms with van der Waals surface area (Å²) < 4.78 is 6.01. The van der Waals surface area contributed by atoms with Gasteiger partial charge in [0.15, 0.2) is 11.6 Å². The molecule has 0 aromatic rings. The molecule has 0 aromatic heterocycles. The molecule has 0 bridgehead atoms. The first-order valence-electron chi connectivity index (χ1n) is 12.0. The number of rotatable bonds is 6. The molecule has 5 N–H and O–H groups in total. The molecule has 3 aliphatic rings. The number of carbonyl (C=O) groups excluding carboxylic acids is 2. The first-order valence-corrected chi connectivity index (χ1v) is 12.0. The number of hydrogen-bond donors (Lipinski definition) is 5. The molecule has 36 heavy (non-hydrogen) atoms. The molecule has 0 radical (unpaired) electrons. The molecule has 1 saturated heterocycles. The molecule has 2 aliphatic carbocycles. The van der Waals surface area contributed by atoms with Gasteiger partial charge in [-0.3, -0.25) is 9.59 Å². The molecule has 5 unspecified atom stereocenters. The van der Waals surface area contributed by atoms with Crippen molar-refractivity contribution in [2.75, 3.05) is 0 Å². The average molecular weight is 501 g/mol. The van der Waals surface area contributed by atoms with Crippen LogP contribution in [0.5, 0.6) is 0 Å². The number of aliphatic hydroxyl groups excluding tert-OH is 3. The van der Waals surface area contributed by atoms with Gasteiger partial charge in [0.1, 0.15) is 28.5 Å². The van der Waals surface area contributed by atoms with Gasteiger partial charge in [-0.1, -0.05) is 30.4 Å². The van der Waals surface area contributed by atoms with Gasteiger partial charge in [0.2, 0.25) is 5.79 Å². The quantitative estimate of drug-likeness (QED) is 0.206. The third kappa shape index (κ3) is 3.62. The van der Waals surface area contributed by atoms with Crippen molar-refractivity contribution in [2.45, 2.75) is 77.8 Å². The van der Waals surface area contributed by atoms with Crippen LogP contribution in [0.1, 0.15) is 60.8 Å². The van der Waals surface area contributed by atoms with Crippen LogP contribution in [0.15, 0.2) is 70.5 Å². The maximum atomic E-state index is 13.5. The first kappa shape index (κ1) is 27.6. The molecular weight excluding hydrogens is 464 g/mol. The molecule has 196 valence electrons. The topological polar surface area (TPSA) is 145 Å². The smallest absolute Gasteiger partial charge is 0.209 e. The number of hydrogen-bond acceptors (Lipinski definition) is 8. The second-order valence-electron chi connectivity index (χ2n) is 10.3. The minimum absolute atomic E-state index is 0.0559. The summed E-state index contributed by atoms with van der Waals surface area (Å²) >= 11 is 0. The molecule has 3 rings (SSSR count). The van der Waals surface area contributed by atoms with Crippen molar-refractivity contribution in [3.8, 4) is 0 Å². The first-order chi connectivity index (χ1) is 16.7. The van der Waals surface area contributed by atoms with Gasteiger partial charge in [-0.2, -0.15) is 0 Å². The van der Waals surface area contributed by atoms with Gasteiger partial charge < -0.3 is 30.3 Å². The standard InChI is InChI=1S/C28H36O8/c1-7-9-11-13-18(29)17-15-25(4,34)28(35)26(5,24(17)33)22-20(19(30)14-12-10-8-2)21(31)16(3)23(32)27(22,6)36-28/h7-10,12,14,22,30-31,33-35H,11,13,15H2,1-6H3/b9-7+,10-8+,14-12+,20-19?. The summed E-state index contributed by atoms with van der Waals surface area (Å²) in [6.07, 6.45) is 9.84. The van der Waals surface area contributed by atoms with E-state index < -0.39 is 63.6 Å². The predicted octanol–water partition coefficient (Wildman–Crippen LogP) is 4.34. The zero-order chi connectivity index (χ0) is 27.3. The van der Waals surface area contributed by atoms with Gasteiger partial charge in [-0.05, 0) is 54.0 Å². The molecule has 1 fully saturated rings. The Labute approximate surface area is 211 Å². The van der Waals surface area contributed by atoms with Gasteiger partial charge in [-0.25, -0.2) is 0 Å². The lowest BCUT2D eigenvalue weighted by molar-refractivity contribution is -0.330. The number of ether oxygens (including phenoxy) is 1. The van der Waals surface area contributed by atoms with Crippen molar-refractivity contribution < 1.29 is 39.9 Å². The summed E-state index contributed by atoms with van der Waals surface area (Å²) in [7, 11) is 0. The van der Waals surface area contributed by atoms with Crippen molar-refractivity contribution in [2.24, 2.45) is 11.3 Å². The third-order valence-corrected chi connectivity index (χ3v) is 7.86. The lowest BCUT2D eigenvalue weighted by atomic mass is 9.54. The SMILES string of the molecule is C/C=C/C=C/C(O)=C1C(O)=C(C)C(=O)C2(C)OC3(O)C(C)(O)CC(C(=O)CC/C=C/C)=C(O)C3(C)C12. The summed E-state index contributed by atoms with van der Waals surface area (Å²) in [6, 6.07) is 0. The van der Waals surface area contributed by atoms with Gasteiger partial charge >= 0.3 is 0 Å². The lowest BCUT2D eigenvalue weighted by Crippen LogP contribution is -2.65. The highest BCUT2D eigenvalue weighted by molar-refractivity contribution is 6.05. The zero-order valence-corrected chi connectivity index (χ0v) is 21.6. The lowest BCUT2D eigenvalue weighted by Gasteiger charge is -2.51. The van der Waals surface area contributed by atoms with E-state index >= 15 is 0 Å². The van der Waals surface area contributed by atoms with E-state index in [1.165, 1.54) is 39.8 Å². The van der Waals surface area contributed by atoms with E-state index in [-0.39, 0.29) is 23.1 Å². The Bertz CT molecular complexity index is 1160. The largest absolute Gasteiger partial charge is 0.511 e. The van der Waals surface area contributed by atoms with E-state index in [4.69, 9.17) is 4.74 Å². The van der Waals surface area contributed by atoms with Crippen LogP contribution in [-0.4, -0.2) is 54.1 Å². The maximum Gasteiger partial charge on any atom is 0.209 e. The fourth-order valence-corrected chi connectivity index (χ4v) is 5.99. The predicted molar refractivity (Wildman–Crippen MR) is 134 cm³/mol. The Kier molecular flexibility index (Phi) is 7.05. The summed E-state index contributed by atoms with van der Waals surface area (Å²) in [5.74, 6) is -6.48. The zero-order valence-electron chi connectivity index (χ0n) is 21.6. The monoisotopic (exact) mass is 500 g/mol. The fraction of sp³-hybridized carbons (Fsp3) is 0.500. The summed E-state index contributed by atoms with van der Waals surface area (Å²) in [5, 5.41) is 57.0. The van der Waals surface area contributed by atoms with Crippen LogP contribution in [0.2, 0.25) is 0 Å². The Morgan fingerprint density at radius 2 is 1.75 bits per heavy atom. The van der Waals surface area contributed by atoms with E-state index in [1.54, 1.807) is 31.2 Å². The van der Waals surface area contributed by atoms with Crippen molar-refractivity contribution in [3.05, 3.63) is 70.5 Å². The number of allylic oxidation sites excluding steroid dienone is 7. The second-order valence-corrected chi connectivity index (χ2v) is 10.3. The van der Waals surface area contributed by atoms with Crippen LogP contribution in [0.3, 0.4) is 0 Å². The van der Waals surface area contributed by atoms with Crippen LogP contribution in [-0.2, 0) is 14.3 Å². The number of fused-ring (bicyclic) bond motifs is 3. The van der Waals surface area contributed by atoms with Crippen molar-refractivity contribution >= 4 is 11.6 Å².